The molecule has 6 nitrogen and oxygen atoms in total. The van der Waals surface area contributed by atoms with Gasteiger partial charge in [-0.3, -0.25) is 4.79 Å². The van der Waals surface area contributed by atoms with Gasteiger partial charge in [0, 0.05) is 19.2 Å². The molecular weight excluding hydrogens is 291 g/mol. The molecule has 0 radical (unpaired) electrons. The number of carboxylic acids is 1. The van der Waals surface area contributed by atoms with Gasteiger partial charge >= 0.3 is 12.0 Å². The molecule has 120 valence electrons. The summed E-state index contributed by atoms with van der Waals surface area (Å²) in [7, 11) is 0. The molecule has 0 aromatic heterocycles. The molecule has 0 spiro atoms. The van der Waals surface area contributed by atoms with Crippen molar-refractivity contribution in [2.45, 2.75) is 12.8 Å². The minimum atomic E-state index is -0.869. The lowest BCUT2D eigenvalue weighted by Gasteiger charge is -2.30. The Morgan fingerprint density at radius 3 is 3.00 bits per heavy atom. The van der Waals surface area contributed by atoms with Crippen molar-refractivity contribution in [3.05, 3.63) is 30.1 Å². The number of aliphatic carboxylic acids is 1. The molecule has 7 heteroatoms. The number of amides is 2. The minimum Gasteiger partial charge on any atom is -0.492 e. The van der Waals surface area contributed by atoms with Crippen LogP contribution in [0.2, 0.25) is 0 Å². The molecule has 1 fully saturated rings. The third-order valence-electron chi connectivity index (χ3n) is 3.50. The zero-order valence-corrected chi connectivity index (χ0v) is 12.1. The van der Waals surface area contributed by atoms with Crippen LogP contribution in [0.25, 0.3) is 0 Å². The summed E-state index contributed by atoms with van der Waals surface area (Å²) >= 11 is 0. The Morgan fingerprint density at radius 1 is 1.45 bits per heavy atom. The quantitative estimate of drug-likeness (QED) is 0.812. The summed E-state index contributed by atoms with van der Waals surface area (Å²) in [5, 5.41) is 11.7. The number of hydrogen-bond donors (Lipinski definition) is 2. The number of carbonyl (C=O) groups is 2. The summed E-state index contributed by atoms with van der Waals surface area (Å²) in [5.41, 5.74) is 0. The number of piperidine rings is 1. The average Bonchev–Trinajstić information content (AvgIpc) is 2.51. The maximum absolute atomic E-state index is 12.9. The molecule has 22 heavy (non-hydrogen) atoms. The van der Waals surface area contributed by atoms with Crippen LogP contribution in [-0.4, -0.2) is 48.2 Å². The molecule has 1 aromatic carbocycles. The number of benzene rings is 1. The summed E-state index contributed by atoms with van der Waals surface area (Å²) in [6, 6.07) is 5.47. The van der Waals surface area contributed by atoms with Crippen molar-refractivity contribution >= 4 is 12.0 Å². The van der Waals surface area contributed by atoms with Crippen LogP contribution in [0, 0.1) is 11.7 Å². The number of nitrogens with one attached hydrogen (secondary N) is 1. The van der Waals surface area contributed by atoms with Gasteiger partial charge in [-0.2, -0.15) is 0 Å². The topological polar surface area (TPSA) is 78.9 Å². The van der Waals surface area contributed by atoms with E-state index in [1.807, 2.05) is 0 Å². The number of hydrogen-bond acceptors (Lipinski definition) is 3. The molecule has 1 aliphatic heterocycles. The summed E-state index contributed by atoms with van der Waals surface area (Å²) < 4.78 is 18.3. The highest BCUT2D eigenvalue weighted by Crippen LogP contribution is 2.16. The highest BCUT2D eigenvalue weighted by atomic mass is 19.1. The Balaban J connectivity index is 1.70. The molecule has 2 rings (SSSR count). The fourth-order valence-electron chi connectivity index (χ4n) is 2.36. The van der Waals surface area contributed by atoms with E-state index in [1.54, 1.807) is 12.1 Å². The van der Waals surface area contributed by atoms with E-state index in [2.05, 4.69) is 5.32 Å². The van der Waals surface area contributed by atoms with Crippen LogP contribution in [0.4, 0.5) is 9.18 Å². The average molecular weight is 310 g/mol. The van der Waals surface area contributed by atoms with Gasteiger partial charge in [-0.05, 0) is 25.0 Å². The molecule has 1 aromatic rings. The van der Waals surface area contributed by atoms with E-state index >= 15 is 0 Å². The van der Waals surface area contributed by atoms with Crippen molar-refractivity contribution in [3.8, 4) is 5.75 Å². The first kappa shape index (κ1) is 16.1. The van der Waals surface area contributed by atoms with E-state index in [-0.39, 0.29) is 31.5 Å². The summed E-state index contributed by atoms with van der Waals surface area (Å²) in [5.74, 6) is -1.34. The number of urea groups is 1. The molecule has 2 amide bonds. The zero-order valence-electron chi connectivity index (χ0n) is 12.1. The molecule has 1 saturated heterocycles. The maximum Gasteiger partial charge on any atom is 0.317 e. The van der Waals surface area contributed by atoms with E-state index < -0.39 is 11.9 Å². The van der Waals surface area contributed by atoms with E-state index in [4.69, 9.17) is 9.84 Å². The molecule has 1 unspecified atom stereocenters. The molecule has 1 atom stereocenters. The van der Waals surface area contributed by atoms with Crippen LogP contribution in [0.15, 0.2) is 24.3 Å². The number of nitrogens with zero attached hydrogens (tertiary/aromatic N) is 1. The van der Waals surface area contributed by atoms with Crippen molar-refractivity contribution < 1.29 is 23.8 Å². The first-order valence-electron chi connectivity index (χ1n) is 7.20. The Hall–Kier alpha value is -2.31. The van der Waals surface area contributed by atoms with Crippen LogP contribution in [-0.2, 0) is 4.79 Å². The summed E-state index contributed by atoms with van der Waals surface area (Å²) in [6.45, 7) is 1.27. The standard InChI is InChI=1S/C15H19FN2O4/c16-12-4-1-5-13(9-12)22-8-6-17-15(21)18-7-2-3-11(10-18)14(19)20/h1,4-5,9,11H,2-3,6-8,10H2,(H,17,21)(H,19,20). The monoisotopic (exact) mass is 310 g/mol. The van der Waals surface area contributed by atoms with E-state index in [0.717, 1.165) is 0 Å². The second-order valence-corrected chi connectivity index (χ2v) is 5.16. The molecule has 1 heterocycles. The van der Waals surface area contributed by atoms with Crippen molar-refractivity contribution in [1.29, 1.82) is 0 Å². The Morgan fingerprint density at radius 2 is 2.27 bits per heavy atom. The highest BCUT2D eigenvalue weighted by molar-refractivity contribution is 5.76. The van der Waals surface area contributed by atoms with Crippen molar-refractivity contribution in [2.75, 3.05) is 26.2 Å². The molecule has 0 aliphatic carbocycles. The minimum absolute atomic E-state index is 0.214. The molecule has 2 N–H and O–H groups in total. The van der Waals surface area contributed by atoms with Gasteiger partial charge in [-0.15, -0.1) is 0 Å². The van der Waals surface area contributed by atoms with Gasteiger partial charge in [0.2, 0.25) is 0 Å². The van der Waals surface area contributed by atoms with E-state index in [9.17, 15) is 14.0 Å². The fraction of sp³-hybridized carbons (Fsp3) is 0.467. The lowest BCUT2D eigenvalue weighted by molar-refractivity contribution is -0.143. The predicted octanol–water partition coefficient (Wildman–Crippen LogP) is 1.71. The summed E-state index contributed by atoms with van der Waals surface area (Å²) in [4.78, 5) is 24.4. The Labute approximate surface area is 127 Å². The predicted molar refractivity (Wildman–Crippen MR) is 77.2 cm³/mol. The van der Waals surface area contributed by atoms with Crippen molar-refractivity contribution in [3.63, 3.8) is 0 Å². The lowest BCUT2D eigenvalue weighted by Crippen LogP contribution is -2.47. The van der Waals surface area contributed by atoms with Gasteiger partial charge < -0.3 is 20.1 Å². The lowest BCUT2D eigenvalue weighted by atomic mass is 9.99. The number of carbonyl (C=O) groups excluding carboxylic acids is 1. The second-order valence-electron chi connectivity index (χ2n) is 5.16. The number of carboxylic acid groups (broad SMARTS) is 1. The van der Waals surface area contributed by atoms with Gasteiger partial charge in [0.05, 0.1) is 12.5 Å². The van der Waals surface area contributed by atoms with Crippen molar-refractivity contribution in [1.82, 2.24) is 10.2 Å². The maximum atomic E-state index is 12.9. The third-order valence-corrected chi connectivity index (χ3v) is 3.50. The van der Waals surface area contributed by atoms with Crippen LogP contribution in [0.1, 0.15) is 12.8 Å². The highest BCUT2D eigenvalue weighted by Gasteiger charge is 2.27. The summed E-state index contributed by atoms with van der Waals surface area (Å²) in [6.07, 6.45) is 1.28. The Kier molecular flexibility index (Phi) is 5.57. The van der Waals surface area contributed by atoms with Crippen LogP contribution in [0.3, 0.4) is 0 Å². The number of rotatable bonds is 5. The molecule has 1 aliphatic rings. The van der Waals surface area contributed by atoms with Gasteiger partial charge in [-0.1, -0.05) is 6.07 Å². The van der Waals surface area contributed by atoms with Gasteiger partial charge in [0.15, 0.2) is 0 Å². The largest absolute Gasteiger partial charge is 0.492 e. The van der Waals surface area contributed by atoms with Gasteiger partial charge in [0.1, 0.15) is 18.2 Å². The number of ether oxygens (including phenoxy) is 1. The van der Waals surface area contributed by atoms with E-state index in [1.165, 1.54) is 17.0 Å². The van der Waals surface area contributed by atoms with Crippen LogP contribution < -0.4 is 10.1 Å². The van der Waals surface area contributed by atoms with Crippen LogP contribution >= 0.6 is 0 Å². The molecular formula is C15H19FN2O4. The Bertz CT molecular complexity index is 538. The fourth-order valence-corrected chi connectivity index (χ4v) is 2.36. The second kappa shape index (κ2) is 7.63. The number of halogens is 1. The normalized spacial score (nSPS) is 17.9. The van der Waals surface area contributed by atoms with Gasteiger partial charge in [0.25, 0.3) is 0 Å². The van der Waals surface area contributed by atoms with Crippen molar-refractivity contribution in [2.24, 2.45) is 5.92 Å². The smallest absolute Gasteiger partial charge is 0.317 e. The number of likely N-dealkylation sites (tertiary alicyclic amines) is 1. The SMILES string of the molecule is O=C(O)C1CCCN(C(=O)NCCOc2cccc(F)c2)C1. The molecule has 0 bridgehead atoms. The third kappa shape index (κ3) is 4.61. The van der Waals surface area contributed by atoms with Gasteiger partial charge in [-0.25, -0.2) is 9.18 Å². The zero-order chi connectivity index (χ0) is 15.9. The first-order chi connectivity index (χ1) is 10.6. The van der Waals surface area contributed by atoms with Crippen LogP contribution in [0.5, 0.6) is 5.75 Å². The first-order valence-corrected chi connectivity index (χ1v) is 7.20. The van der Waals surface area contributed by atoms with E-state index in [0.29, 0.717) is 25.1 Å². The molecule has 0 saturated carbocycles.